The van der Waals surface area contributed by atoms with Crippen molar-refractivity contribution in [1.29, 1.82) is 0 Å². The van der Waals surface area contributed by atoms with Crippen molar-refractivity contribution < 1.29 is 4.79 Å². The number of hydrogen-bond acceptors (Lipinski definition) is 3. The van der Waals surface area contributed by atoms with E-state index in [9.17, 15) is 4.79 Å². The summed E-state index contributed by atoms with van der Waals surface area (Å²) in [5, 5.41) is 8.19. The molecule has 3 N–H and O–H groups in total. The molecule has 2 aromatic carbocycles. The van der Waals surface area contributed by atoms with Gasteiger partial charge in [-0.1, -0.05) is 24.3 Å². The molecule has 0 aliphatic rings. The van der Waals surface area contributed by atoms with Crippen LogP contribution in [0.1, 0.15) is 16.7 Å². The average molecular weight is 320 g/mol. The monoisotopic (exact) mass is 320 g/mol. The number of aromatic amines is 1. The van der Waals surface area contributed by atoms with Gasteiger partial charge in [-0.05, 0) is 43.2 Å². The standard InChI is InChI=1S/C19H20N4O/c1-13-7-8-16(9-14(13)2)20-12-19(24)23-22-11-15-10-21-18-6-4-3-5-17(15)18/h3-11,20-21H,12H2,1-2H3,(H,23,24)/b22-11-. The minimum atomic E-state index is -0.190. The number of carbonyl (C=O) groups excluding carboxylic acids is 1. The Kier molecular flexibility index (Phi) is 4.61. The largest absolute Gasteiger partial charge is 0.376 e. The number of nitrogens with one attached hydrogen (secondary N) is 3. The molecule has 0 atom stereocenters. The molecule has 5 heteroatoms. The highest BCUT2D eigenvalue weighted by Gasteiger charge is 2.02. The van der Waals surface area contributed by atoms with Gasteiger partial charge in [0.1, 0.15) is 0 Å². The molecule has 0 unspecified atom stereocenters. The first kappa shape index (κ1) is 15.8. The van der Waals surface area contributed by atoms with Crippen LogP contribution in [0.4, 0.5) is 5.69 Å². The summed E-state index contributed by atoms with van der Waals surface area (Å²) in [6.45, 7) is 4.28. The van der Waals surface area contributed by atoms with Gasteiger partial charge in [0.15, 0.2) is 0 Å². The predicted octanol–water partition coefficient (Wildman–Crippen LogP) is 3.35. The third kappa shape index (κ3) is 3.63. The van der Waals surface area contributed by atoms with Crippen LogP contribution in [0.3, 0.4) is 0 Å². The molecule has 3 aromatic rings. The SMILES string of the molecule is Cc1ccc(NCC(=O)N/N=C\c2c[nH]c3ccccc23)cc1C. The fourth-order valence-corrected chi connectivity index (χ4v) is 2.45. The van der Waals surface area contributed by atoms with Crippen molar-refractivity contribution in [3.63, 3.8) is 0 Å². The summed E-state index contributed by atoms with van der Waals surface area (Å²) in [5.74, 6) is -0.190. The zero-order chi connectivity index (χ0) is 16.9. The Morgan fingerprint density at radius 1 is 1.17 bits per heavy atom. The summed E-state index contributed by atoms with van der Waals surface area (Å²) in [5.41, 5.74) is 7.86. The van der Waals surface area contributed by atoms with E-state index in [1.165, 1.54) is 11.1 Å². The number of benzene rings is 2. The minimum Gasteiger partial charge on any atom is -0.376 e. The van der Waals surface area contributed by atoms with Gasteiger partial charge in [-0.15, -0.1) is 0 Å². The molecule has 0 bridgehead atoms. The van der Waals surface area contributed by atoms with Gasteiger partial charge in [0, 0.05) is 28.4 Å². The van der Waals surface area contributed by atoms with E-state index in [1.807, 2.05) is 55.6 Å². The summed E-state index contributed by atoms with van der Waals surface area (Å²) in [7, 11) is 0. The number of amides is 1. The number of hydrogen-bond donors (Lipinski definition) is 3. The van der Waals surface area contributed by atoms with Gasteiger partial charge in [-0.3, -0.25) is 4.79 Å². The van der Waals surface area contributed by atoms with Crippen LogP contribution in [-0.4, -0.2) is 23.7 Å². The molecular formula is C19H20N4O. The van der Waals surface area contributed by atoms with E-state index < -0.39 is 0 Å². The maximum absolute atomic E-state index is 11.9. The maximum atomic E-state index is 11.9. The van der Waals surface area contributed by atoms with E-state index >= 15 is 0 Å². The zero-order valence-corrected chi connectivity index (χ0v) is 13.8. The molecule has 1 amide bonds. The molecule has 0 radical (unpaired) electrons. The number of hydrazone groups is 1. The van der Waals surface area contributed by atoms with Crippen molar-refractivity contribution in [1.82, 2.24) is 10.4 Å². The normalized spacial score (nSPS) is 11.1. The van der Waals surface area contributed by atoms with Gasteiger partial charge in [-0.2, -0.15) is 5.10 Å². The van der Waals surface area contributed by atoms with E-state index in [0.29, 0.717) is 0 Å². The number of H-pyrrole nitrogens is 1. The smallest absolute Gasteiger partial charge is 0.259 e. The third-order valence-electron chi connectivity index (χ3n) is 3.97. The lowest BCUT2D eigenvalue weighted by Crippen LogP contribution is -2.25. The number of para-hydroxylation sites is 1. The molecule has 0 spiro atoms. The number of aromatic nitrogens is 1. The molecule has 122 valence electrons. The van der Waals surface area contributed by atoms with Gasteiger partial charge < -0.3 is 10.3 Å². The quantitative estimate of drug-likeness (QED) is 0.498. The first-order valence-electron chi connectivity index (χ1n) is 7.82. The first-order chi connectivity index (χ1) is 11.6. The van der Waals surface area contributed by atoms with Gasteiger partial charge in [0.2, 0.25) is 0 Å². The topological polar surface area (TPSA) is 69.3 Å². The molecule has 0 aliphatic heterocycles. The number of aryl methyl sites for hydroxylation is 2. The molecule has 0 aliphatic carbocycles. The van der Waals surface area contributed by atoms with Crippen LogP contribution in [0.2, 0.25) is 0 Å². The van der Waals surface area contributed by atoms with Crippen LogP contribution in [-0.2, 0) is 4.79 Å². The predicted molar refractivity (Wildman–Crippen MR) is 98.4 cm³/mol. The van der Waals surface area contributed by atoms with Crippen LogP contribution in [0.15, 0.2) is 53.8 Å². The average Bonchev–Trinajstić information content (AvgIpc) is 2.99. The summed E-state index contributed by atoms with van der Waals surface area (Å²) < 4.78 is 0. The molecule has 0 fully saturated rings. The second kappa shape index (κ2) is 7.00. The summed E-state index contributed by atoms with van der Waals surface area (Å²) in [6.07, 6.45) is 3.51. The van der Waals surface area contributed by atoms with Crippen molar-refractivity contribution >= 4 is 28.7 Å². The Labute approximate surface area is 140 Å². The fraction of sp³-hybridized carbons (Fsp3) is 0.158. The van der Waals surface area contributed by atoms with Crippen LogP contribution in [0.25, 0.3) is 10.9 Å². The third-order valence-corrected chi connectivity index (χ3v) is 3.97. The molecule has 1 heterocycles. The summed E-state index contributed by atoms with van der Waals surface area (Å²) in [4.78, 5) is 15.0. The number of fused-ring (bicyclic) bond motifs is 1. The molecule has 3 rings (SSSR count). The molecule has 1 aromatic heterocycles. The second-order valence-corrected chi connectivity index (χ2v) is 5.74. The molecular weight excluding hydrogens is 300 g/mol. The van der Waals surface area contributed by atoms with Crippen molar-refractivity contribution in [2.24, 2.45) is 5.10 Å². The van der Waals surface area contributed by atoms with Crippen molar-refractivity contribution in [3.05, 3.63) is 65.4 Å². The highest BCUT2D eigenvalue weighted by atomic mass is 16.2. The van der Waals surface area contributed by atoms with Crippen LogP contribution < -0.4 is 10.7 Å². The summed E-state index contributed by atoms with van der Waals surface area (Å²) in [6, 6.07) is 14.0. The van der Waals surface area contributed by atoms with Gasteiger partial charge in [0.05, 0.1) is 12.8 Å². The highest BCUT2D eigenvalue weighted by Crippen LogP contribution is 2.15. The fourth-order valence-electron chi connectivity index (χ4n) is 2.45. The molecule has 5 nitrogen and oxygen atoms in total. The van der Waals surface area contributed by atoms with Crippen molar-refractivity contribution in [2.75, 3.05) is 11.9 Å². The van der Waals surface area contributed by atoms with Gasteiger partial charge in [0.25, 0.3) is 5.91 Å². The van der Waals surface area contributed by atoms with Crippen LogP contribution >= 0.6 is 0 Å². The lowest BCUT2D eigenvalue weighted by Gasteiger charge is -2.07. The van der Waals surface area contributed by atoms with Crippen molar-refractivity contribution in [2.45, 2.75) is 13.8 Å². The second-order valence-electron chi connectivity index (χ2n) is 5.74. The number of rotatable bonds is 5. The Balaban J connectivity index is 1.54. The number of anilines is 1. The first-order valence-corrected chi connectivity index (χ1v) is 7.82. The maximum Gasteiger partial charge on any atom is 0.259 e. The van der Waals surface area contributed by atoms with Crippen LogP contribution in [0.5, 0.6) is 0 Å². The molecule has 0 saturated carbocycles. The molecule has 24 heavy (non-hydrogen) atoms. The summed E-state index contributed by atoms with van der Waals surface area (Å²) >= 11 is 0. The van der Waals surface area contributed by atoms with E-state index in [0.717, 1.165) is 22.2 Å². The minimum absolute atomic E-state index is 0.174. The van der Waals surface area contributed by atoms with E-state index in [2.05, 4.69) is 27.8 Å². The zero-order valence-electron chi connectivity index (χ0n) is 13.8. The number of nitrogens with zero attached hydrogens (tertiary/aromatic N) is 1. The van der Waals surface area contributed by atoms with E-state index in [4.69, 9.17) is 0 Å². The lowest BCUT2D eigenvalue weighted by molar-refractivity contribution is -0.119. The highest BCUT2D eigenvalue weighted by molar-refractivity contribution is 5.99. The Bertz CT molecular complexity index is 895. The van der Waals surface area contributed by atoms with Gasteiger partial charge in [-0.25, -0.2) is 5.43 Å². The molecule has 0 saturated heterocycles. The van der Waals surface area contributed by atoms with Crippen LogP contribution in [0, 0.1) is 13.8 Å². The van der Waals surface area contributed by atoms with Gasteiger partial charge >= 0.3 is 0 Å². The van der Waals surface area contributed by atoms with Crippen molar-refractivity contribution in [3.8, 4) is 0 Å². The van der Waals surface area contributed by atoms with E-state index in [1.54, 1.807) is 6.21 Å². The Morgan fingerprint density at radius 3 is 2.83 bits per heavy atom. The lowest BCUT2D eigenvalue weighted by atomic mass is 10.1. The van der Waals surface area contributed by atoms with E-state index in [-0.39, 0.29) is 12.5 Å². The Hall–Kier alpha value is -3.08. The Morgan fingerprint density at radius 2 is 2.00 bits per heavy atom. The number of carbonyl (C=O) groups is 1.